The van der Waals surface area contributed by atoms with Crippen LogP contribution in [0.2, 0.25) is 0 Å². The average molecular weight is 225 g/mol. The Morgan fingerprint density at radius 2 is 1.59 bits per heavy atom. The van der Waals surface area contributed by atoms with Crippen LogP contribution in [0.3, 0.4) is 0 Å². The van der Waals surface area contributed by atoms with Crippen LogP contribution >= 0.6 is 0 Å². The molecule has 87 valence electrons. The van der Waals surface area contributed by atoms with Crippen LogP contribution in [0.1, 0.15) is 23.1 Å². The van der Waals surface area contributed by atoms with Gasteiger partial charge in [-0.05, 0) is 17.2 Å². The molecule has 0 fully saturated rings. The van der Waals surface area contributed by atoms with Crippen LogP contribution in [0.5, 0.6) is 0 Å². The van der Waals surface area contributed by atoms with E-state index in [4.69, 9.17) is 11.5 Å². The zero-order valence-corrected chi connectivity index (χ0v) is 9.71. The SMILES string of the molecule is NCC(c1ccccc1)C(N)c1cc[c]cc1. The average Bonchev–Trinajstić information content (AvgIpc) is 2.42. The van der Waals surface area contributed by atoms with E-state index >= 15 is 0 Å². The Balaban J connectivity index is 2.25. The van der Waals surface area contributed by atoms with Gasteiger partial charge in [-0.25, -0.2) is 0 Å². The second-order valence-corrected chi connectivity index (χ2v) is 4.11. The largest absolute Gasteiger partial charge is 0.330 e. The molecule has 2 aromatic rings. The summed E-state index contributed by atoms with van der Waals surface area (Å²) in [5.41, 5.74) is 14.4. The topological polar surface area (TPSA) is 52.0 Å². The van der Waals surface area contributed by atoms with Crippen LogP contribution in [0.4, 0.5) is 0 Å². The van der Waals surface area contributed by atoms with Gasteiger partial charge in [0.2, 0.25) is 0 Å². The second kappa shape index (κ2) is 5.62. The highest BCUT2D eigenvalue weighted by Crippen LogP contribution is 2.27. The molecule has 4 N–H and O–H groups in total. The van der Waals surface area contributed by atoms with Crippen LogP contribution in [0, 0.1) is 6.07 Å². The molecule has 2 unspecified atom stereocenters. The Morgan fingerprint density at radius 1 is 0.941 bits per heavy atom. The Hall–Kier alpha value is -1.64. The minimum atomic E-state index is -0.0722. The standard InChI is InChI=1S/C15H17N2/c16-11-14(12-7-3-1-4-8-12)15(17)13-9-5-2-6-10-13/h1,3-10,14-15H,11,16-17H2. The molecular weight excluding hydrogens is 208 g/mol. The highest BCUT2D eigenvalue weighted by atomic mass is 14.7. The first-order valence-electron chi connectivity index (χ1n) is 5.79. The van der Waals surface area contributed by atoms with Gasteiger partial charge in [0.05, 0.1) is 0 Å². The molecule has 0 saturated carbocycles. The van der Waals surface area contributed by atoms with Crippen molar-refractivity contribution in [3.8, 4) is 0 Å². The maximum atomic E-state index is 6.29. The summed E-state index contributed by atoms with van der Waals surface area (Å²) in [6.07, 6.45) is 0. The van der Waals surface area contributed by atoms with Crippen molar-refractivity contribution in [3.63, 3.8) is 0 Å². The van der Waals surface area contributed by atoms with Crippen molar-refractivity contribution >= 4 is 0 Å². The molecule has 2 aromatic carbocycles. The summed E-state index contributed by atoms with van der Waals surface area (Å²) < 4.78 is 0. The molecule has 0 bridgehead atoms. The molecule has 1 radical (unpaired) electrons. The molecule has 0 aliphatic heterocycles. The fraction of sp³-hybridized carbons (Fsp3) is 0.200. The molecule has 0 aliphatic rings. The zero-order chi connectivity index (χ0) is 12.1. The van der Waals surface area contributed by atoms with Gasteiger partial charge in [-0.1, -0.05) is 54.6 Å². The Kier molecular flexibility index (Phi) is 3.91. The first kappa shape index (κ1) is 11.8. The van der Waals surface area contributed by atoms with E-state index in [1.807, 2.05) is 42.5 Å². The summed E-state index contributed by atoms with van der Waals surface area (Å²) in [6, 6.07) is 20.9. The number of hydrogen-bond acceptors (Lipinski definition) is 2. The van der Waals surface area contributed by atoms with E-state index in [9.17, 15) is 0 Å². The highest BCUT2D eigenvalue weighted by molar-refractivity contribution is 5.27. The highest BCUT2D eigenvalue weighted by Gasteiger charge is 2.19. The summed E-state index contributed by atoms with van der Waals surface area (Å²) in [7, 11) is 0. The van der Waals surface area contributed by atoms with Crippen LogP contribution in [-0.4, -0.2) is 6.54 Å². The maximum Gasteiger partial charge on any atom is 0.0376 e. The first-order chi connectivity index (χ1) is 8.33. The lowest BCUT2D eigenvalue weighted by atomic mass is 9.88. The minimum absolute atomic E-state index is 0.0722. The Labute approximate surface area is 102 Å². The fourth-order valence-corrected chi connectivity index (χ4v) is 2.04. The van der Waals surface area contributed by atoms with Gasteiger partial charge in [0.25, 0.3) is 0 Å². The van der Waals surface area contributed by atoms with Gasteiger partial charge in [-0.3, -0.25) is 0 Å². The van der Waals surface area contributed by atoms with Crippen molar-refractivity contribution in [3.05, 3.63) is 71.8 Å². The lowest BCUT2D eigenvalue weighted by molar-refractivity contribution is 0.563. The van der Waals surface area contributed by atoms with Crippen molar-refractivity contribution in [1.29, 1.82) is 0 Å². The number of benzene rings is 2. The predicted octanol–water partition coefficient (Wildman–Crippen LogP) is 2.23. The Morgan fingerprint density at radius 3 is 2.18 bits per heavy atom. The van der Waals surface area contributed by atoms with Gasteiger partial charge < -0.3 is 11.5 Å². The van der Waals surface area contributed by atoms with Gasteiger partial charge in [-0.2, -0.15) is 0 Å². The van der Waals surface area contributed by atoms with Crippen LogP contribution in [-0.2, 0) is 0 Å². The van der Waals surface area contributed by atoms with Crippen molar-refractivity contribution < 1.29 is 0 Å². The van der Waals surface area contributed by atoms with E-state index < -0.39 is 0 Å². The van der Waals surface area contributed by atoms with Crippen molar-refractivity contribution in [2.75, 3.05) is 6.54 Å². The first-order valence-corrected chi connectivity index (χ1v) is 5.79. The molecule has 2 heteroatoms. The summed E-state index contributed by atoms with van der Waals surface area (Å²) in [6.45, 7) is 0.545. The number of rotatable bonds is 4. The molecule has 0 saturated heterocycles. The fourth-order valence-electron chi connectivity index (χ4n) is 2.04. The quantitative estimate of drug-likeness (QED) is 0.838. The monoisotopic (exact) mass is 225 g/mol. The molecule has 2 rings (SSSR count). The number of nitrogens with two attached hydrogens (primary N) is 2. The molecule has 0 aliphatic carbocycles. The molecule has 0 spiro atoms. The van der Waals surface area contributed by atoms with Gasteiger partial charge in [0.1, 0.15) is 0 Å². The molecule has 17 heavy (non-hydrogen) atoms. The third-order valence-corrected chi connectivity index (χ3v) is 3.04. The summed E-state index contributed by atoms with van der Waals surface area (Å²) in [5.74, 6) is 0.151. The van der Waals surface area contributed by atoms with E-state index in [2.05, 4.69) is 18.2 Å². The van der Waals surface area contributed by atoms with Crippen LogP contribution in [0.15, 0.2) is 54.6 Å². The summed E-state index contributed by atoms with van der Waals surface area (Å²) >= 11 is 0. The van der Waals surface area contributed by atoms with Crippen molar-refractivity contribution in [2.45, 2.75) is 12.0 Å². The normalized spacial score (nSPS) is 14.2. The minimum Gasteiger partial charge on any atom is -0.330 e. The second-order valence-electron chi connectivity index (χ2n) is 4.11. The lowest BCUT2D eigenvalue weighted by Gasteiger charge is -2.23. The molecule has 0 amide bonds. The van der Waals surface area contributed by atoms with Gasteiger partial charge in [0.15, 0.2) is 0 Å². The van der Waals surface area contributed by atoms with Crippen molar-refractivity contribution in [2.24, 2.45) is 11.5 Å². The van der Waals surface area contributed by atoms with Crippen LogP contribution < -0.4 is 11.5 Å². The van der Waals surface area contributed by atoms with E-state index in [0.717, 1.165) is 5.56 Å². The summed E-state index contributed by atoms with van der Waals surface area (Å²) in [4.78, 5) is 0. The summed E-state index contributed by atoms with van der Waals surface area (Å²) in [5, 5.41) is 0. The molecular formula is C15H17N2. The number of hydrogen-bond donors (Lipinski definition) is 2. The van der Waals surface area contributed by atoms with Gasteiger partial charge in [-0.15, -0.1) is 0 Å². The third kappa shape index (κ3) is 2.73. The molecule has 0 heterocycles. The van der Waals surface area contributed by atoms with Gasteiger partial charge in [0, 0.05) is 18.5 Å². The predicted molar refractivity (Wildman–Crippen MR) is 70.4 cm³/mol. The molecule has 2 nitrogen and oxygen atoms in total. The van der Waals surface area contributed by atoms with Gasteiger partial charge >= 0.3 is 0 Å². The Bertz CT molecular complexity index is 439. The van der Waals surface area contributed by atoms with Crippen LogP contribution in [0.25, 0.3) is 0 Å². The molecule has 0 aromatic heterocycles. The lowest BCUT2D eigenvalue weighted by Crippen LogP contribution is -2.26. The van der Waals surface area contributed by atoms with Crippen molar-refractivity contribution in [1.82, 2.24) is 0 Å². The smallest absolute Gasteiger partial charge is 0.0376 e. The van der Waals surface area contributed by atoms with E-state index in [-0.39, 0.29) is 12.0 Å². The molecule has 2 atom stereocenters. The maximum absolute atomic E-state index is 6.29. The van der Waals surface area contributed by atoms with E-state index in [1.165, 1.54) is 5.56 Å². The van der Waals surface area contributed by atoms with E-state index in [0.29, 0.717) is 6.54 Å². The van der Waals surface area contributed by atoms with E-state index in [1.54, 1.807) is 0 Å². The third-order valence-electron chi connectivity index (χ3n) is 3.04. The zero-order valence-electron chi connectivity index (χ0n) is 9.71.